The maximum atomic E-state index is 10.5. The average molecular weight is 221 g/mol. The first-order valence-corrected chi connectivity index (χ1v) is 4.99. The van der Waals surface area contributed by atoms with Crippen LogP contribution >= 0.6 is 7.82 Å². The van der Waals surface area contributed by atoms with E-state index in [1.807, 2.05) is 0 Å². The van der Waals surface area contributed by atoms with Crippen molar-refractivity contribution in [3.63, 3.8) is 0 Å². The first kappa shape index (κ1) is 14.0. The Balaban J connectivity index is 0. The molecule has 0 unspecified atom stereocenters. The summed E-state index contributed by atoms with van der Waals surface area (Å²) in [6.07, 6.45) is 0. The third-order valence-corrected chi connectivity index (χ3v) is 1.75. The summed E-state index contributed by atoms with van der Waals surface area (Å²) in [4.78, 5) is 8.63. The normalized spacial score (nSPS) is 10.0. The monoisotopic (exact) mass is 221 g/mol. The molecule has 0 radical (unpaired) electrons. The molecule has 0 saturated carbocycles. The molecule has 0 heterocycles. The fourth-order valence-corrected chi connectivity index (χ4v) is 1.09. The quantitative estimate of drug-likeness (QED) is 0.718. The van der Waals surface area contributed by atoms with Crippen molar-refractivity contribution >= 4 is 7.82 Å². The molecule has 1 N–H and O–H groups in total. The first-order valence-electron chi connectivity index (χ1n) is 2.92. The van der Waals surface area contributed by atoms with E-state index in [4.69, 9.17) is 8.57 Å². The van der Waals surface area contributed by atoms with Crippen LogP contribution in [-0.4, -0.2) is 18.1 Å². The second kappa shape index (κ2) is 8.59. The number of rotatable bonds is 4. The van der Waals surface area contributed by atoms with Gasteiger partial charge in [0.25, 0.3) is 0 Å². The van der Waals surface area contributed by atoms with Crippen LogP contribution in [0.4, 0.5) is 0 Å². The molecule has 0 spiro atoms. The topological polar surface area (TPSA) is 72.8 Å². The number of phosphoric acid groups is 1. The van der Waals surface area contributed by atoms with Gasteiger partial charge in [-0.1, -0.05) is 0 Å². The summed E-state index contributed by atoms with van der Waals surface area (Å²) < 4.78 is 27.4. The van der Waals surface area contributed by atoms with Crippen LogP contribution in [0.2, 0.25) is 0 Å². The zero-order chi connectivity index (χ0) is 9.33. The molecule has 11 heavy (non-hydrogen) atoms. The standard InChI is InChI=1S/C4H11O4P.O.V/c1-3-7-9(5,6)8-4-2;;/h3-4H2,1-2H3,(H,5,6);;. The molecule has 7 heteroatoms. The minimum atomic E-state index is -3.69. The Morgan fingerprint density at radius 1 is 1.27 bits per heavy atom. The van der Waals surface area contributed by atoms with E-state index in [1.165, 1.54) is 0 Å². The Kier molecular flexibility index (Phi) is 11.0. The molecule has 0 aromatic heterocycles. The number of phosphoric ester groups is 1. The molecule has 0 fully saturated rings. The number of hydrogen-bond acceptors (Lipinski definition) is 4. The van der Waals surface area contributed by atoms with Crippen molar-refractivity contribution in [2.75, 3.05) is 13.2 Å². The van der Waals surface area contributed by atoms with Crippen molar-refractivity contribution in [3.8, 4) is 0 Å². The van der Waals surface area contributed by atoms with E-state index in [0.717, 1.165) is 17.4 Å². The molecule has 0 aromatic rings. The summed E-state index contributed by atoms with van der Waals surface area (Å²) in [6.45, 7) is 3.63. The molecular weight excluding hydrogens is 210 g/mol. The zero-order valence-electron chi connectivity index (χ0n) is 6.39. The van der Waals surface area contributed by atoms with E-state index < -0.39 is 7.82 Å². The van der Waals surface area contributed by atoms with Crippen LogP contribution in [-0.2, 0) is 34.7 Å². The van der Waals surface area contributed by atoms with Crippen molar-refractivity contribution in [3.05, 3.63) is 0 Å². The summed E-state index contributed by atoms with van der Waals surface area (Å²) in [5.74, 6) is 0. The van der Waals surface area contributed by atoms with Gasteiger partial charge in [-0.05, 0) is 13.8 Å². The Labute approximate surface area is 74.9 Å². The van der Waals surface area contributed by atoms with Gasteiger partial charge in [0, 0.05) is 0 Å². The molecule has 0 aliphatic heterocycles. The van der Waals surface area contributed by atoms with E-state index in [1.54, 1.807) is 13.8 Å². The van der Waals surface area contributed by atoms with Gasteiger partial charge in [0.05, 0.1) is 13.2 Å². The SMILES string of the molecule is CCOP(=O)(O)OCC.[O]=[V]. The Bertz CT molecular complexity index is 120. The molecule has 5 nitrogen and oxygen atoms in total. The second-order valence-corrected chi connectivity index (χ2v) is 2.76. The van der Waals surface area contributed by atoms with Gasteiger partial charge in [-0.3, -0.25) is 9.05 Å². The van der Waals surface area contributed by atoms with E-state index in [2.05, 4.69) is 9.05 Å². The summed E-state index contributed by atoms with van der Waals surface area (Å²) >= 11 is 1.06. The van der Waals surface area contributed by atoms with Crippen LogP contribution in [0.15, 0.2) is 0 Å². The van der Waals surface area contributed by atoms with Crippen LogP contribution in [0.5, 0.6) is 0 Å². The van der Waals surface area contributed by atoms with Gasteiger partial charge in [0.1, 0.15) is 0 Å². The molecule has 0 aliphatic rings. The predicted molar refractivity (Wildman–Crippen MR) is 33.8 cm³/mol. The van der Waals surface area contributed by atoms with Crippen molar-refractivity contribution in [2.45, 2.75) is 13.8 Å². The molecule has 0 aromatic carbocycles. The van der Waals surface area contributed by atoms with Crippen molar-refractivity contribution in [1.29, 1.82) is 0 Å². The molecule has 0 aliphatic carbocycles. The fourth-order valence-electron chi connectivity index (χ4n) is 0.364. The van der Waals surface area contributed by atoms with Gasteiger partial charge in [-0.25, -0.2) is 4.57 Å². The molecule has 0 bridgehead atoms. The molecular formula is C4H11O5PV. The van der Waals surface area contributed by atoms with Gasteiger partial charge < -0.3 is 4.89 Å². The van der Waals surface area contributed by atoms with E-state index in [-0.39, 0.29) is 13.2 Å². The average Bonchev–Trinajstić information content (AvgIpc) is 1.91. The van der Waals surface area contributed by atoms with Gasteiger partial charge in [0.15, 0.2) is 0 Å². The Hall–Kier alpha value is 0.494. The van der Waals surface area contributed by atoms with Crippen LogP contribution in [0, 0.1) is 0 Å². The third kappa shape index (κ3) is 10.5. The van der Waals surface area contributed by atoms with Crippen LogP contribution < -0.4 is 0 Å². The van der Waals surface area contributed by atoms with Gasteiger partial charge >= 0.3 is 28.9 Å². The van der Waals surface area contributed by atoms with E-state index in [9.17, 15) is 4.57 Å². The first-order chi connectivity index (χ1) is 5.12. The van der Waals surface area contributed by atoms with Crippen LogP contribution in [0.25, 0.3) is 0 Å². The summed E-state index contributed by atoms with van der Waals surface area (Å²) in [5, 5.41) is 0. The third-order valence-electron chi connectivity index (χ3n) is 0.584. The molecule has 0 atom stereocenters. The van der Waals surface area contributed by atoms with E-state index in [0.29, 0.717) is 0 Å². The van der Waals surface area contributed by atoms with Crippen LogP contribution in [0.1, 0.15) is 13.8 Å². The summed E-state index contributed by atoms with van der Waals surface area (Å²) in [7, 11) is -3.69. The second-order valence-electron chi connectivity index (χ2n) is 1.30. The molecule has 0 saturated heterocycles. The molecule has 67 valence electrons. The van der Waals surface area contributed by atoms with Gasteiger partial charge in [0.2, 0.25) is 0 Å². The molecule has 0 rings (SSSR count). The van der Waals surface area contributed by atoms with Crippen LogP contribution in [0.3, 0.4) is 0 Å². The Morgan fingerprint density at radius 3 is 1.73 bits per heavy atom. The van der Waals surface area contributed by atoms with Gasteiger partial charge in [-0.2, -0.15) is 0 Å². The maximum absolute atomic E-state index is 10.5. The van der Waals surface area contributed by atoms with Crippen molar-refractivity contribution < 1.29 is 39.5 Å². The van der Waals surface area contributed by atoms with Crippen molar-refractivity contribution in [2.24, 2.45) is 0 Å². The molecule has 0 amide bonds. The van der Waals surface area contributed by atoms with E-state index >= 15 is 0 Å². The minimum absolute atomic E-state index is 0.188. The zero-order valence-corrected chi connectivity index (χ0v) is 8.68. The summed E-state index contributed by atoms with van der Waals surface area (Å²) in [5.41, 5.74) is 0. The van der Waals surface area contributed by atoms with Gasteiger partial charge in [-0.15, -0.1) is 0 Å². The number of hydrogen-bond donors (Lipinski definition) is 1. The Morgan fingerprint density at radius 2 is 1.55 bits per heavy atom. The summed E-state index contributed by atoms with van der Waals surface area (Å²) in [6, 6.07) is 0. The predicted octanol–water partition coefficient (Wildman–Crippen LogP) is 1.04. The fraction of sp³-hybridized carbons (Fsp3) is 1.00. The van der Waals surface area contributed by atoms with Crippen molar-refractivity contribution in [1.82, 2.24) is 0 Å².